The molecule has 0 fully saturated rings. The van der Waals surface area contributed by atoms with Gasteiger partial charge in [-0.25, -0.2) is 4.98 Å². The molecule has 1 aliphatic heterocycles. The first-order valence-electron chi connectivity index (χ1n) is 8.24. The number of hydrogen-bond donors (Lipinski definition) is 0. The van der Waals surface area contributed by atoms with Gasteiger partial charge >= 0.3 is 0 Å². The third-order valence-corrected chi connectivity index (χ3v) is 5.41. The average molecular weight is 337 g/mol. The van der Waals surface area contributed by atoms with Crippen LogP contribution in [0, 0.1) is 0 Å². The molecule has 4 nitrogen and oxygen atoms in total. The van der Waals surface area contributed by atoms with E-state index in [1.165, 1.54) is 17.3 Å². The van der Waals surface area contributed by atoms with E-state index in [0.29, 0.717) is 5.75 Å². The summed E-state index contributed by atoms with van der Waals surface area (Å²) in [6, 6.07) is 16.3. The molecule has 1 aliphatic rings. The van der Waals surface area contributed by atoms with Gasteiger partial charge in [0.25, 0.3) is 0 Å². The lowest BCUT2D eigenvalue weighted by Gasteiger charge is -2.17. The minimum absolute atomic E-state index is 0.152. The number of imidazole rings is 1. The smallest absolute Gasteiger partial charge is 0.237 e. The van der Waals surface area contributed by atoms with Crippen molar-refractivity contribution in [2.45, 2.75) is 25.0 Å². The van der Waals surface area contributed by atoms with Crippen molar-refractivity contribution in [1.82, 2.24) is 9.55 Å². The molecule has 1 amide bonds. The van der Waals surface area contributed by atoms with Crippen molar-refractivity contribution >= 4 is 34.4 Å². The number of carbonyl (C=O) groups excluding carboxylic acids is 1. The van der Waals surface area contributed by atoms with Crippen molar-refractivity contribution in [3.63, 3.8) is 0 Å². The zero-order chi connectivity index (χ0) is 16.5. The molecule has 1 aromatic heterocycles. The van der Waals surface area contributed by atoms with Crippen molar-refractivity contribution in [2.24, 2.45) is 0 Å². The number of aryl methyl sites for hydroxylation is 1. The summed E-state index contributed by atoms with van der Waals surface area (Å²) in [5.74, 6) is 0.567. The van der Waals surface area contributed by atoms with Gasteiger partial charge in [-0.3, -0.25) is 4.79 Å². The van der Waals surface area contributed by atoms with Gasteiger partial charge in [-0.15, -0.1) is 0 Å². The van der Waals surface area contributed by atoms with E-state index in [2.05, 4.69) is 28.6 Å². The minimum atomic E-state index is 0.152. The first kappa shape index (κ1) is 15.3. The van der Waals surface area contributed by atoms with Gasteiger partial charge in [0.1, 0.15) is 0 Å². The highest BCUT2D eigenvalue weighted by atomic mass is 32.2. The van der Waals surface area contributed by atoms with Crippen LogP contribution in [0.2, 0.25) is 0 Å². The Kier molecular flexibility index (Phi) is 4.02. The molecule has 0 aliphatic carbocycles. The van der Waals surface area contributed by atoms with Crippen molar-refractivity contribution in [3.05, 3.63) is 54.1 Å². The topological polar surface area (TPSA) is 38.1 Å². The second-order valence-electron chi connectivity index (χ2n) is 5.84. The van der Waals surface area contributed by atoms with Gasteiger partial charge in [-0.1, -0.05) is 42.1 Å². The fourth-order valence-electron chi connectivity index (χ4n) is 3.27. The number of nitrogens with zero attached hydrogens (tertiary/aromatic N) is 3. The Morgan fingerprint density at radius 1 is 1.17 bits per heavy atom. The van der Waals surface area contributed by atoms with E-state index in [0.717, 1.165) is 41.4 Å². The maximum Gasteiger partial charge on any atom is 0.237 e. The van der Waals surface area contributed by atoms with Crippen LogP contribution in [0.4, 0.5) is 5.69 Å². The Labute approximate surface area is 145 Å². The van der Waals surface area contributed by atoms with Gasteiger partial charge in [-0.2, -0.15) is 0 Å². The predicted molar refractivity (Wildman–Crippen MR) is 98.6 cm³/mol. The quantitative estimate of drug-likeness (QED) is 0.681. The second kappa shape index (κ2) is 6.32. The van der Waals surface area contributed by atoms with Crippen molar-refractivity contribution in [2.75, 3.05) is 17.2 Å². The van der Waals surface area contributed by atoms with E-state index in [9.17, 15) is 4.79 Å². The molecular weight excluding hydrogens is 318 g/mol. The zero-order valence-corrected chi connectivity index (χ0v) is 14.4. The minimum Gasteiger partial charge on any atom is -0.319 e. The molecule has 0 saturated heterocycles. The zero-order valence-electron chi connectivity index (χ0n) is 13.6. The number of benzene rings is 2. The highest BCUT2D eigenvalue weighted by Gasteiger charge is 2.24. The lowest BCUT2D eigenvalue weighted by atomic mass is 10.2. The van der Waals surface area contributed by atoms with E-state index in [1.807, 2.05) is 41.3 Å². The molecule has 5 heteroatoms. The molecular formula is C19H19N3OS. The van der Waals surface area contributed by atoms with Crippen LogP contribution < -0.4 is 4.90 Å². The summed E-state index contributed by atoms with van der Waals surface area (Å²) in [7, 11) is 0. The maximum atomic E-state index is 12.7. The molecule has 4 rings (SSSR count). The molecule has 0 saturated carbocycles. The summed E-state index contributed by atoms with van der Waals surface area (Å²) >= 11 is 1.53. The Balaban J connectivity index is 1.52. The number of aromatic nitrogens is 2. The average Bonchev–Trinajstić information content (AvgIpc) is 3.20. The largest absolute Gasteiger partial charge is 0.319 e. The number of thioether (sulfide) groups is 1. The van der Waals surface area contributed by atoms with E-state index in [-0.39, 0.29) is 5.91 Å². The van der Waals surface area contributed by atoms with Crippen LogP contribution in [-0.2, 0) is 17.8 Å². The summed E-state index contributed by atoms with van der Waals surface area (Å²) in [5, 5.41) is 0.916. The molecule has 0 N–H and O–H groups in total. The van der Waals surface area contributed by atoms with Crippen LogP contribution in [0.15, 0.2) is 53.7 Å². The Morgan fingerprint density at radius 3 is 2.83 bits per heavy atom. The fourth-order valence-corrected chi connectivity index (χ4v) is 4.23. The molecule has 0 atom stereocenters. The lowest BCUT2D eigenvalue weighted by Crippen LogP contribution is -2.30. The summed E-state index contributed by atoms with van der Waals surface area (Å²) < 4.78 is 2.17. The van der Waals surface area contributed by atoms with Gasteiger partial charge in [0.2, 0.25) is 5.91 Å². The van der Waals surface area contributed by atoms with Crippen LogP contribution in [0.3, 0.4) is 0 Å². The molecule has 0 spiro atoms. The molecule has 3 aromatic rings. The highest BCUT2D eigenvalue weighted by molar-refractivity contribution is 7.99. The first-order chi connectivity index (χ1) is 11.8. The van der Waals surface area contributed by atoms with Gasteiger partial charge < -0.3 is 9.47 Å². The number of carbonyl (C=O) groups is 1. The molecule has 122 valence electrons. The number of fused-ring (bicyclic) bond motifs is 2. The molecule has 0 unspecified atom stereocenters. The number of amides is 1. The van der Waals surface area contributed by atoms with Crippen molar-refractivity contribution in [1.29, 1.82) is 0 Å². The predicted octanol–water partition coefficient (Wildman–Crippen LogP) is 3.74. The summed E-state index contributed by atoms with van der Waals surface area (Å²) in [4.78, 5) is 19.2. The van der Waals surface area contributed by atoms with Gasteiger partial charge in [0.15, 0.2) is 5.16 Å². The number of rotatable bonds is 4. The van der Waals surface area contributed by atoms with Crippen molar-refractivity contribution in [3.8, 4) is 0 Å². The summed E-state index contributed by atoms with van der Waals surface area (Å²) in [5.41, 5.74) is 4.44. The molecule has 0 bridgehead atoms. The van der Waals surface area contributed by atoms with Gasteiger partial charge in [-0.05, 0) is 37.1 Å². The third-order valence-electron chi connectivity index (χ3n) is 4.45. The van der Waals surface area contributed by atoms with E-state index >= 15 is 0 Å². The van der Waals surface area contributed by atoms with Gasteiger partial charge in [0, 0.05) is 18.8 Å². The summed E-state index contributed by atoms with van der Waals surface area (Å²) in [6.45, 7) is 3.74. The first-order valence-corrected chi connectivity index (χ1v) is 9.23. The Morgan fingerprint density at radius 2 is 1.96 bits per heavy atom. The Bertz CT molecular complexity index is 903. The van der Waals surface area contributed by atoms with Crippen LogP contribution in [-0.4, -0.2) is 27.8 Å². The van der Waals surface area contributed by atoms with Gasteiger partial charge in [0.05, 0.1) is 16.8 Å². The van der Waals surface area contributed by atoms with Crippen LogP contribution in [0.1, 0.15) is 12.5 Å². The maximum absolute atomic E-state index is 12.7. The van der Waals surface area contributed by atoms with E-state index < -0.39 is 0 Å². The number of anilines is 1. The molecule has 2 heterocycles. The second-order valence-corrected chi connectivity index (χ2v) is 6.78. The standard InChI is InChI=1S/C19H19N3OS/c1-2-21-17-10-6-4-8-15(17)20-19(21)24-13-18(23)22-12-11-14-7-3-5-9-16(14)22/h3-10H,2,11-13H2,1H3. The van der Waals surface area contributed by atoms with Crippen molar-refractivity contribution < 1.29 is 4.79 Å². The lowest BCUT2D eigenvalue weighted by molar-refractivity contribution is -0.116. The number of hydrogen-bond acceptors (Lipinski definition) is 3. The van der Waals surface area contributed by atoms with Crippen LogP contribution in [0.25, 0.3) is 11.0 Å². The Hall–Kier alpha value is -2.27. The normalized spacial score (nSPS) is 13.5. The molecule has 0 radical (unpaired) electrons. The van der Waals surface area contributed by atoms with E-state index in [1.54, 1.807) is 0 Å². The highest BCUT2D eigenvalue weighted by Crippen LogP contribution is 2.29. The summed E-state index contributed by atoms with van der Waals surface area (Å²) in [6.07, 6.45) is 0.944. The monoisotopic (exact) mass is 337 g/mol. The molecule has 2 aromatic carbocycles. The number of para-hydroxylation sites is 3. The molecule has 24 heavy (non-hydrogen) atoms. The SMILES string of the molecule is CCn1c(SCC(=O)N2CCc3ccccc32)nc2ccccc21. The third kappa shape index (κ3) is 2.59. The van der Waals surface area contributed by atoms with Crippen LogP contribution in [0.5, 0.6) is 0 Å². The fraction of sp³-hybridized carbons (Fsp3) is 0.263. The van der Waals surface area contributed by atoms with Crippen LogP contribution >= 0.6 is 11.8 Å². The van der Waals surface area contributed by atoms with E-state index in [4.69, 9.17) is 0 Å².